The fourth-order valence-electron chi connectivity index (χ4n) is 2.28. The van der Waals surface area contributed by atoms with Crippen LogP contribution in [0.2, 0.25) is 0 Å². The molecule has 1 aromatic rings. The van der Waals surface area contributed by atoms with Gasteiger partial charge >= 0.3 is 0 Å². The standard InChI is InChI=1S/C12H16O3/c1-7(13)9-6-10-8(12(9)14)4-3-5-11(10)15-2/h3-5,7,9,12-14H,6H2,1-2H3. The van der Waals surface area contributed by atoms with Crippen molar-refractivity contribution >= 4 is 0 Å². The number of rotatable bonds is 2. The molecule has 0 saturated carbocycles. The van der Waals surface area contributed by atoms with Crippen LogP contribution in [0.1, 0.15) is 24.2 Å². The molecule has 0 saturated heterocycles. The lowest BCUT2D eigenvalue weighted by atomic mass is 9.98. The first kappa shape index (κ1) is 10.5. The Morgan fingerprint density at radius 3 is 2.80 bits per heavy atom. The van der Waals surface area contributed by atoms with Gasteiger partial charge in [0.1, 0.15) is 5.75 Å². The quantitative estimate of drug-likeness (QED) is 0.769. The predicted octanol–water partition coefficient (Wildman–Crippen LogP) is 1.28. The van der Waals surface area contributed by atoms with E-state index in [1.807, 2.05) is 18.2 Å². The second-order valence-electron chi connectivity index (χ2n) is 4.08. The highest BCUT2D eigenvalue weighted by Gasteiger charge is 2.35. The Morgan fingerprint density at radius 1 is 1.47 bits per heavy atom. The smallest absolute Gasteiger partial charge is 0.122 e. The summed E-state index contributed by atoms with van der Waals surface area (Å²) < 4.78 is 5.24. The maximum absolute atomic E-state index is 10.0. The summed E-state index contributed by atoms with van der Waals surface area (Å²) in [7, 11) is 1.62. The Labute approximate surface area is 89.3 Å². The molecule has 2 N–H and O–H groups in total. The molecule has 0 heterocycles. The highest BCUT2D eigenvalue weighted by Crippen LogP contribution is 2.41. The molecule has 0 spiro atoms. The lowest BCUT2D eigenvalue weighted by molar-refractivity contribution is 0.0325. The number of hydrogen-bond donors (Lipinski definition) is 2. The molecule has 3 nitrogen and oxygen atoms in total. The summed E-state index contributed by atoms with van der Waals surface area (Å²) in [6.07, 6.45) is -0.398. The lowest BCUT2D eigenvalue weighted by Crippen LogP contribution is -2.20. The zero-order valence-electron chi connectivity index (χ0n) is 8.97. The zero-order chi connectivity index (χ0) is 11.0. The molecular formula is C12H16O3. The van der Waals surface area contributed by atoms with Crippen LogP contribution in [0.25, 0.3) is 0 Å². The number of ether oxygens (including phenoxy) is 1. The minimum atomic E-state index is -0.574. The summed E-state index contributed by atoms with van der Waals surface area (Å²) in [5, 5.41) is 19.6. The predicted molar refractivity (Wildman–Crippen MR) is 56.8 cm³/mol. The van der Waals surface area contributed by atoms with E-state index in [4.69, 9.17) is 4.74 Å². The van der Waals surface area contributed by atoms with Gasteiger partial charge in [-0.2, -0.15) is 0 Å². The van der Waals surface area contributed by atoms with Crippen molar-refractivity contribution in [3.63, 3.8) is 0 Å². The minimum absolute atomic E-state index is 0.115. The van der Waals surface area contributed by atoms with E-state index < -0.39 is 12.2 Å². The average molecular weight is 208 g/mol. The maximum atomic E-state index is 10.0. The van der Waals surface area contributed by atoms with Gasteiger partial charge in [-0.25, -0.2) is 0 Å². The molecule has 3 unspecified atom stereocenters. The molecule has 1 aliphatic carbocycles. The van der Waals surface area contributed by atoms with E-state index in [0.717, 1.165) is 16.9 Å². The second-order valence-corrected chi connectivity index (χ2v) is 4.08. The van der Waals surface area contributed by atoms with E-state index in [-0.39, 0.29) is 5.92 Å². The molecule has 0 bridgehead atoms. The van der Waals surface area contributed by atoms with Crippen LogP contribution in [0.4, 0.5) is 0 Å². The molecule has 3 atom stereocenters. The molecule has 0 fully saturated rings. The molecule has 0 radical (unpaired) electrons. The molecule has 1 aromatic carbocycles. The van der Waals surface area contributed by atoms with Crippen LogP contribution in [-0.4, -0.2) is 23.4 Å². The summed E-state index contributed by atoms with van der Waals surface area (Å²) in [6.45, 7) is 1.71. The minimum Gasteiger partial charge on any atom is -0.496 e. The Bertz CT molecular complexity index is 360. The SMILES string of the molecule is COc1cccc2c1CC(C(C)O)C2O. The number of methoxy groups -OCH3 is 1. The summed E-state index contributed by atoms with van der Waals surface area (Å²) >= 11 is 0. The van der Waals surface area contributed by atoms with Crippen molar-refractivity contribution in [2.75, 3.05) is 7.11 Å². The third kappa shape index (κ3) is 1.62. The summed E-state index contributed by atoms with van der Waals surface area (Å²) in [4.78, 5) is 0. The first-order valence-electron chi connectivity index (χ1n) is 5.17. The van der Waals surface area contributed by atoms with Crippen molar-refractivity contribution in [1.82, 2.24) is 0 Å². The normalized spacial score (nSPS) is 26.1. The van der Waals surface area contributed by atoms with Crippen molar-refractivity contribution in [2.45, 2.75) is 25.6 Å². The van der Waals surface area contributed by atoms with Gasteiger partial charge in [-0.15, -0.1) is 0 Å². The molecule has 3 heteroatoms. The van der Waals surface area contributed by atoms with Crippen LogP contribution < -0.4 is 4.74 Å². The van der Waals surface area contributed by atoms with Crippen molar-refractivity contribution in [3.05, 3.63) is 29.3 Å². The van der Waals surface area contributed by atoms with Crippen LogP contribution in [0.15, 0.2) is 18.2 Å². The highest BCUT2D eigenvalue weighted by atomic mass is 16.5. The molecule has 2 rings (SSSR count). The van der Waals surface area contributed by atoms with Gasteiger partial charge in [0.2, 0.25) is 0 Å². The number of hydrogen-bond acceptors (Lipinski definition) is 3. The summed E-state index contributed by atoms with van der Waals surface area (Å²) in [5.74, 6) is 0.686. The summed E-state index contributed by atoms with van der Waals surface area (Å²) in [5.41, 5.74) is 1.92. The van der Waals surface area contributed by atoms with E-state index in [0.29, 0.717) is 6.42 Å². The lowest BCUT2D eigenvalue weighted by Gasteiger charge is -2.17. The zero-order valence-corrected chi connectivity index (χ0v) is 8.97. The Morgan fingerprint density at radius 2 is 2.20 bits per heavy atom. The van der Waals surface area contributed by atoms with Gasteiger partial charge in [0, 0.05) is 11.5 Å². The fourth-order valence-corrected chi connectivity index (χ4v) is 2.28. The molecule has 15 heavy (non-hydrogen) atoms. The van der Waals surface area contributed by atoms with Crippen LogP contribution in [0.3, 0.4) is 0 Å². The Balaban J connectivity index is 2.40. The first-order valence-corrected chi connectivity index (χ1v) is 5.17. The average Bonchev–Trinajstić information content (AvgIpc) is 2.56. The molecule has 0 amide bonds. The third-order valence-corrected chi connectivity index (χ3v) is 3.17. The molecule has 0 aromatic heterocycles. The van der Waals surface area contributed by atoms with Crippen molar-refractivity contribution in [1.29, 1.82) is 0 Å². The van der Waals surface area contributed by atoms with Gasteiger partial charge in [-0.05, 0) is 25.0 Å². The number of fused-ring (bicyclic) bond motifs is 1. The van der Waals surface area contributed by atoms with Crippen molar-refractivity contribution < 1.29 is 14.9 Å². The molecule has 82 valence electrons. The monoisotopic (exact) mass is 208 g/mol. The maximum Gasteiger partial charge on any atom is 0.122 e. The first-order chi connectivity index (χ1) is 7.15. The van der Waals surface area contributed by atoms with E-state index in [9.17, 15) is 10.2 Å². The van der Waals surface area contributed by atoms with Gasteiger partial charge < -0.3 is 14.9 Å². The van der Waals surface area contributed by atoms with Gasteiger partial charge in [-0.1, -0.05) is 12.1 Å². The van der Waals surface area contributed by atoms with Gasteiger partial charge in [0.15, 0.2) is 0 Å². The molecule has 1 aliphatic rings. The molecule has 0 aliphatic heterocycles. The van der Waals surface area contributed by atoms with E-state index >= 15 is 0 Å². The highest BCUT2D eigenvalue weighted by molar-refractivity contribution is 5.45. The summed E-state index contributed by atoms with van der Waals surface area (Å²) in [6, 6.07) is 5.65. The molecular weight excluding hydrogens is 192 g/mol. The van der Waals surface area contributed by atoms with Gasteiger partial charge in [0.25, 0.3) is 0 Å². The fraction of sp³-hybridized carbons (Fsp3) is 0.500. The van der Waals surface area contributed by atoms with Crippen LogP contribution in [-0.2, 0) is 6.42 Å². The number of aliphatic hydroxyl groups is 2. The van der Waals surface area contributed by atoms with Crippen LogP contribution in [0, 0.1) is 5.92 Å². The Kier molecular flexibility index (Phi) is 2.67. The van der Waals surface area contributed by atoms with Gasteiger partial charge in [-0.3, -0.25) is 0 Å². The Hall–Kier alpha value is -1.06. The van der Waals surface area contributed by atoms with Crippen LogP contribution >= 0.6 is 0 Å². The van der Waals surface area contributed by atoms with E-state index in [1.54, 1.807) is 14.0 Å². The third-order valence-electron chi connectivity index (χ3n) is 3.17. The van der Waals surface area contributed by atoms with Crippen LogP contribution in [0.5, 0.6) is 5.75 Å². The van der Waals surface area contributed by atoms with Crippen molar-refractivity contribution in [3.8, 4) is 5.75 Å². The van der Waals surface area contributed by atoms with E-state index in [2.05, 4.69) is 0 Å². The number of benzene rings is 1. The van der Waals surface area contributed by atoms with E-state index in [1.165, 1.54) is 0 Å². The van der Waals surface area contributed by atoms with Crippen molar-refractivity contribution in [2.24, 2.45) is 5.92 Å². The van der Waals surface area contributed by atoms with Gasteiger partial charge in [0.05, 0.1) is 19.3 Å². The number of aliphatic hydroxyl groups excluding tert-OH is 2. The largest absolute Gasteiger partial charge is 0.496 e. The second kappa shape index (κ2) is 3.83. The topological polar surface area (TPSA) is 49.7 Å².